The molecule has 1 aromatic heterocycles. The van der Waals surface area contributed by atoms with E-state index < -0.39 is 0 Å². The first-order valence-corrected chi connectivity index (χ1v) is 7.93. The van der Waals surface area contributed by atoms with Crippen molar-refractivity contribution in [3.63, 3.8) is 0 Å². The third-order valence-corrected chi connectivity index (χ3v) is 4.33. The predicted octanol–water partition coefficient (Wildman–Crippen LogP) is 2.43. The lowest BCUT2D eigenvalue weighted by Gasteiger charge is -2.32. The lowest BCUT2D eigenvalue weighted by atomic mass is 9.94. The van der Waals surface area contributed by atoms with E-state index in [1.807, 2.05) is 35.2 Å². The fraction of sp³-hybridized carbons (Fsp3) is 0.389. The Morgan fingerprint density at radius 3 is 3.00 bits per heavy atom. The number of hydrogen-bond donors (Lipinski definition) is 0. The molecule has 5 nitrogen and oxygen atoms in total. The molecule has 0 saturated carbocycles. The van der Waals surface area contributed by atoms with Crippen LogP contribution in [0.4, 0.5) is 0 Å². The van der Waals surface area contributed by atoms with Crippen LogP contribution < -0.4 is 4.74 Å². The molecule has 1 amide bonds. The Morgan fingerprint density at radius 2 is 2.22 bits per heavy atom. The first-order valence-electron chi connectivity index (χ1n) is 7.93. The van der Waals surface area contributed by atoms with Crippen LogP contribution in [0.3, 0.4) is 0 Å². The molecule has 120 valence electrons. The summed E-state index contributed by atoms with van der Waals surface area (Å²) in [5, 5.41) is 0. The minimum atomic E-state index is 0.147. The SMILES string of the molecule is COc1ccccc1CC(=O)N1CCC[C@H](c2ccncn2)C1. The van der Waals surface area contributed by atoms with E-state index in [9.17, 15) is 4.79 Å². The van der Waals surface area contributed by atoms with E-state index in [2.05, 4.69) is 9.97 Å². The van der Waals surface area contributed by atoms with Crippen LogP contribution in [0, 0.1) is 0 Å². The van der Waals surface area contributed by atoms with Gasteiger partial charge in [0.1, 0.15) is 12.1 Å². The molecule has 2 heterocycles. The number of ether oxygens (including phenoxy) is 1. The van der Waals surface area contributed by atoms with Gasteiger partial charge < -0.3 is 9.64 Å². The second-order valence-electron chi connectivity index (χ2n) is 5.80. The van der Waals surface area contributed by atoms with Crippen LogP contribution in [-0.2, 0) is 11.2 Å². The Morgan fingerprint density at radius 1 is 1.35 bits per heavy atom. The standard InChI is InChI=1S/C18H21N3O2/c1-23-17-7-3-2-5-14(17)11-18(22)21-10-4-6-15(12-21)16-8-9-19-13-20-16/h2-3,5,7-9,13,15H,4,6,10-12H2,1H3/t15-/m0/s1. The summed E-state index contributed by atoms with van der Waals surface area (Å²) in [6.45, 7) is 1.54. The van der Waals surface area contributed by atoms with Gasteiger partial charge >= 0.3 is 0 Å². The molecule has 0 bridgehead atoms. The number of likely N-dealkylation sites (tertiary alicyclic amines) is 1. The van der Waals surface area contributed by atoms with Gasteiger partial charge in [0.25, 0.3) is 0 Å². The lowest BCUT2D eigenvalue weighted by molar-refractivity contribution is -0.131. The molecule has 2 aromatic rings. The van der Waals surface area contributed by atoms with Crippen molar-refractivity contribution in [3.05, 3.63) is 54.1 Å². The second kappa shape index (κ2) is 7.22. The number of rotatable bonds is 4. The molecule has 1 atom stereocenters. The minimum Gasteiger partial charge on any atom is -0.496 e. The van der Waals surface area contributed by atoms with Gasteiger partial charge in [0.2, 0.25) is 5.91 Å². The topological polar surface area (TPSA) is 55.3 Å². The van der Waals surface area contributed by atoms with Crippen LogP contribution in [-0.4, -0.2) is 41.0 Å². The summed E-state index contributed by atoms with van der Waals surface area (Å²) in [5.74, 6) is 1.21. The second-order valence-corrected chi connectivity index (χ2v) is 5.80. The van der Waals surface area contributed by atoms with Gasteiger partial charge in [0.15, 0.2) is 0 Å². The highest BCUT2D eigenvalue weighted by Crippen LogP contribution is 2.26. The van der Waals surface area contributed by atoms with E-state index in [4.69, 9.17) is 4.74 Å². The average Bonchev–Trinajstić information content (AvgIpc) is 2.63. The fourth-order valence-electron chi connectivity index (χ4n) is 3.11. The highest BCUT2D eigenvalue weighted by molar-refractivity contribution is 5.79. The van der Waals surface area contributed by atoms with E-state index in [0.29, 0.717) is 12.3 Å². The summed E-state index contributed by atoms with van der Waals surface area (Å²) in [6.07, 6.45) is 5.78. The molecule has 0 radical (unpaired) electrons. The van der Waals surface area contributed by atoms with Gasteiger partial charge in [-0.3, -0.25) is 4.79 Å². The van der Waals surface area contributed by atoms with Crippen LogP contribution in [0.15, 0.2) is 42.9 Å². The van der Waals surface area contributed by atoms with E-state index in [1.165, 1.54) is 0 Å². The van der Waals surface area contributed by atoms with Crippen molar-refractivity contribution in [2.45, 2.75) is 25.2 Å². The van der Waals surface area contributed by atoms with Crippen LogP contribution in [0.5, 0.6) is 5.75 Å². The number of para-hydroxylation sites is 1. The molecule has 1 saturated heterocycles. The molecule has 1 aromatic carbocycles. The van der Waals surface area contributed by atoms with Gasteiger partial charge in [-0.2, -0.15) is 0 Å². The summed E-state index contributed by atoms with van der Waals surface area (Å²) in [5.41, 5.74) is 1.96. The zero-order valence-corrected chi connectivity index (χ0v) is 13.3. The van der Waals surface area contributed by atoms with Crippen LogP contribution in [0.1, 0.15) is 30.0 Å². The van der Waals surface area contributed by atoms with Crippen molar-refractivity contribution < 1.29 is 9.53 Å². The number of nitrogens with zero attached hydrogens (tertiary/aromatic N) is 3. The molecular formula is C18H21N3O2. The molecule has 1 aliphatic rings. The van der Waals surface area contributed by atoms with Crippen molar-refractivity contribution >= 4 is 5.91 Å². The average molecular weight is 311 g/mol. The minimum absolute atomic E-state index is 0.147. The highest BCUT2D eigenvalue weighted by atomic mass is 16.5. The third kappa shape index (κ3) is 3.67. The van der Waals surface area contributed by atoms with E-state index in [1.54, 1.807) is 19.6 Å². The summed E-state index contributed by atoms with van der Waals surface area (Å²) in [6, 6.07) is 9.63. The number of amides is 1. The van der Waals surface area contributed by atoms with Gasteiger partial charge in [-0.25, -0.2) is 9.97 Å². The number of carbonyl (C=O) groups is 1. The molecule has 0 aliphatic carbocycles. The van der Waals surface area contributed by atoms with E-state index >= 15 is 0 Å². The molecule has 0 N–H and O–H groups in total. The Labute approximate surface area is 136 Å². The number of methoxy groups -OCH3 is 1. The Kier molecular flexibility index (Phi) is 4.86. The Balaban J connectivity index is 1.68. The number of aromatic nitrogens is 2. The summed E-state index contributed by atoms with van der Waals surface area (Å²) in [7, 11) is 1.63. The van der Waals surface area contributed by atoms with Crippen molar-refractivity contribution in [1.82, 2.24) is 14.9 Å². The van der Waals surface area contributed by atoms with Crippen molar-refractivity contribution in [2.75, 3.05) is 20.2 Å². The quantitative estimate of drug-likeness (QED) is 0.870. The largest absolute Gasteiger partial charge is 0.496 e. The highest BCUT2D eigenvalue weighted by Gasteiger charge is 2.25. The first-order chi connectivity index (χ1) is 11.3. The lowest BCUT2D eigenvalue weighted by Crippen LogP contribution is -2.40. The molecule has 0 spiro atoms. The van der Waals surface area contributed by atoms with Crippen LogP contribution >= 0.6 is 0 Å². The number of benzene rings is 1. The molecule has 5 heteroatoms. The third-order valence-electron chi connectivity index (χ3n) is 4.33. The van der Waals surface area contributed by atoms with Gasteiger partial charge in [0.05, 0.1) is 13.5 Å². The van der Waals surface area contributed by atoms with Crippen molar-refractivity contribution in [1.29, 1.82) is 0 Å². The summed E-state index contributed by atoms with van der Waals surface area (Å²) in [4.78, 5) is 22.9. The predicted molar refractivity (Wildman–Crippen MR) is 87.3 cm³/mol. The molecule has 3 rings (SSSR count). The van der Waals surface area contributed by atoms with Gasteiger partial charge in [-0.15, -0.1) is 0 Å². The fourth-order valence-corrected chi connectivity index (χ4v) is 3.11. The molecular weight excluding hydrogens is 290 g/mol. The molecule has 1 fully saturated rings. The Hall–Kier alpha value is -2.43. The zero-order valence-electron chi connectivity index (χ0n) is 13.3. The van der Waals surface area contributed by atoms with Gasteiger partial charge in [-0.1, -0.05) is 18.2 Å². The molecule has 1 aliphatic heterocycles. The monoisotopic (exact) mass is 311 g/mol. The molecule has 23 heavy (non-hydrogen) atoms. The maximum atomic E-state index is 12.7. The number of hydrogen-bond acceptors (Lipinski definition) is 4. The first kappa shape index (κ1) is 15.5. The van der Waals surface area contributed by atoms with Crippen molar-refractivity contribution in [3.8, 4) is 5.75 Å². The maximum absolute atomic E-state index is 12.7. The smallest absolute Gasteiger partial charge is 0.227 e. The van der Waals surface area contributed by atoms with Crippen LogP contribution in [0.2, 0.25) is 0 Å². The molecule has 0 unspecified atom stereocenters. The number of carbonyl (C=O) groups excluding carboxylic acids is 1. The van der Waals surface area contributed by atoms with Gasteiger partial charge in [0, 0.05) is 36.5 Å². The number of piperidine rings is 1. The normalized spacial score (nSPS) is 17.8. The summed E-state index contributed by atoms with van der Waals surface area (Å²) >= 11 is 0. The van der Waals surface area contributed by atoms with E-state index in [-0.39, 0.29) is 5.91 Å². The summed E-state index contributed by atoms with van der Waals surface area (Å²) < 4.78 is 5.34. The maximum Gasteiger partial charge on any atom is 0.227 e. The zero-order chi connectivity index (χ0) is 16.1. The Bertz CT molecular complexity index is 660. The van der Waals surface area contributed by atoms with Crippen LogP contribution in [0.25, 0.3) is 0 Å². The van der Waals surface area contributed by atoms with Gasteiger partial charge in [-0.05, 0) is 25.0 Å². The van der Waals surface area contributed by atoms with E-state index in [0.717, 1.165) is 42.9 Å². The van der Waals surface area contributed by atoms with Crippen molar-refractivity contribution in [2.24, 2.45) is 0 Å².